The molecule has 1 unspecified atom stereocenters. The van der Waals surface area contributed by atoms with Crippen LogP contribution in [-0.2, 0) is 10.0 Å². The molecule has 1 atom stereocenters. The second-order valence-corrected chi connectivity index (χ2v) is 7.31. The van der Waals surface area contributed by atoms with E-state index < -0.39 is 26.4 Å². The van der Waals surface area contributed by atoms with Crippen LogP contribution in [0.5, 0.6) is 5.75 Å². The molecule has 0 aromatic heterocycles. The maximum Gasteiger partial charge on any atom is 0.312 e. The lowest BCUT2D eigenvalue weighted by Crippen LogP contribution is -2.38. The SMILES string of the molecule is O=[N+]([O-])c1cc(S(=O)(=O)NC2CCCSC2)ccc1O. The van der Waals surface area contributed by atoms with Crippen LogP contribution in [0.4, 0.5) is 5.69 Å². The van der Waals surface area contributed by atoms with Gasteiger partial charge >= 0.3 is 5.69 Å². The van der Waals surface area contributed by atoms with Gasteiger partial charge < -0.3 is 5.11 Å². The van der Waals surface area contributed by atoms with Gasteiger partial charge in [-0.25, -0.2) is 13.1 Å². The van der Waals surface area contributed by atoms with Crippen molar-refractivity contribution in [2.75, 3.05) is 11.5 Å². The Morgan fingerprint density at radius 1 is 1.45 bits per heavy atom. The molecule has 1 aliphatic rings. The molecular weight excluding hydrogens is 304 g/mol. The molecule has 9 heteroatoms. The largest absolute Gasteiger partial charge is 0.502 e. The number of nitrogens with zero attached hydrogens (tertiary/aromatic N) is 1. The van der Waals surface area contributed by atoms with Crippen LogP contribution in [0.25, 0.3) is 0 Å². The molecular formula is C11H14N2O5S2. The monoisotopic (exact) mass is 318 g/mol. The highest BCUT2D eigenvalue weighted by Crippen LogP contribution is 2.28. The van der Waals surface area contributed by atoms with Crippen LogP contribution in [0.2, 0.25) is 0 Å². The molecule has 0 radical (unpaired) electrons. The van der Waals surface area contributed by atoms with Gasteiger partial charge in [-0.15, -0.1) is 0 Å². The van der Waals surface area contributed by atoms with Crippen LogP contribution in [0.15, 0.2) is 23.1 Å². The third-order valence-electron chi connectivity index (χ3n) is 2.94. The molecule has 0 aliphatic carbocycles. The van der Waals surface area contributed by atoms with E-state index in [0.29, 0.717) is 5.75 Å². The van der Waals surface area contributed by atoms with E-state index in [1.165, 1.54) is 0 Å². The number of nitro groups is 1. The number of phenols is 1. The summed E-state index contributed by atoms with van der Waals surface area (Å²) in [5.74, 6) is 1.16. The third-order valence-corrected chi connectivity index (χ3v) is 5.67. The molecule has 2 N–H and O–H groups in total. The minimum Gasteiger partial charge on any atom is -0.502 e. The number of phenolic OH excluding ortho intramolecular Hbond substituents is 1. The quantitative estimate of drug-likeness (QED) is 0.642. The Balaban J connectivity index is 2.24. The summed E-state index contributed by atoms with van der Waals surface area (Å²) in [4.78, 5) is 9.69. The lowest BCUT2D eigenvalue weighted by Gasteiger charge is -2.22. The van der Waals surface area contributed by atoms with Crippen molar-refractivity contribution in [3.05, 3.63) is 28.3 Å². The molecule has 1 aromatic carbocycles. The lowest BCUT2D eigenvalue weighted by atomic mass is 10.2. The van der Waals surface area contributed by atoms with E-state index in [2.05, 4.69) is 4.72 Å². The molecule has 1 heterocycles. The summed E-state index contributed by atoms with van der Waals surface area (Å²) >= 11 is 1.67. The van der Waals surface area contributed by atoms with Crippen LogP contribution in [-0.4, -0.2) is 36.0 Å². The fraction of sp³-hybridized carbons (Fsp3) is 0.455. The van der Waals surface area contributed by atoms with Gasteiger partial charge in [0.2, 0.25) is 10.0 Å². The average Bonchev–Trinajstić information content (AvgIpc) is 2.39. The third kappa shape index (κ3) is 3.41. The fourth-order valence-electron chi connectivity index (χ4n) is 1.94. The molecule has 1 aliphatic heterocycles. The summed E-state index contributed by atoms with van der Waals surface area (Å²) in [6.07, 6.45) is 1.69. The van der Waals surface area contributed by atoms with Gasteiger partial charge in [0.05, 0.1) is 9.82 Å². The Morgan fingerprint density at radius 2 is 2.20 bits per heavy atom. The maximum absolute atomic E-state index is 12.2. The molecule has 0 saturated carbocycles. The van der Waals surface area contributed by atoms with E-state index >= 15 is 0 Å². The van der Waals surface area contributed by atoms with Crippen LogP contribution in [0.3, 0.4) is 0 Å². The zero-order valence-corrected chi connectivity index (χ0v) is 12.1. The number of hydrogen-bond donors (Lipinski definition) is 2. The topological polar surface area (TPSA) is 110 Å². The first-order valence-electron chi connectivity index (χ1n) is 5.97. The zero-order chi connectivity index (χ0) is 14.8. The van der Waals surface area contributed by atoms with Crippen LogP contribution >= 0.6 is 11.8 Å². The van der Waals surface area contributed by atoms with Crippen molar-refractivity contribution in [3.8, 4) is 5.75 Å². The van der Waals surface area contributed by atoms with Gasteiger partial charge in [-0.1, -0.05) is 0 Å². The smallest absolute Gasteiger partial charge is 0.312 e. The molecule has 20 heavy (non-hydrogen) atoms. The number of benzene rings is 1. The van der Waals surface area contributed by atoms with Gasteiger partial charge in [0.15, 0.2) is 5.75 Å². The highest BCUT2D eigenvalue weighted by atomic mass is 32.2. The molecule has 1 fully saturated rings. The van der Waals surface area contributed by atoms with E-state index in [1.54, 1.807) is 11.8 Å². The summed E-state index contributed by atoms with van der Waals surface area (Å²) in [5.41, 5.74) is -0.620. The van der Waals surface area contributed by atoms with Crippen molar-refractivity contribution in [3.63, 3.8) is 0 Å². The first kappa shape index (κ1) is 15.1. The standard InChI is InChI=1S/C11H14N2O5S2/c14-11-4-3-9(6-10(11)13(15)16)20(17,18)12-8-2-1-5-19-7-8/h3-4,6,8,12,14H,1-2,5,7H2. The minimum absolute atomic E-state index is 0.161. The van der Waals surface area contributed by atoms with E-state index in [4.69, 9.17) is 0 Å². The zero-order valence-electron chi connectivity index (χ0n) is 10.5. The molecule has 0 amide bonds. The van der Waals surface area contributed by atoms with Crippen molar-refractivity contribution >= 4 is 27.5 Å². The predicted molar refractivity (Wildman–Crippen MR) is 75.4 cm³/mol. The number of nitrogens with one attached hydrogen (secondary N) is 1. The van der Waals surface area contributed by atoms with Crippen molar-refractivity contribution in [1.82, 2.24) is 4.72 Å². The molecule has 1 aromatic rings. The predicted octanol–water partition coefficient (Wildman–Crippen LogP) is 1.47. The minimum atomic E-state index is -3.81. The van der Waals surface area contributed by atoms with Crippen molar-refractivity contribution in [2.24, 2.45) is 0 Å². The molecule has 7 nitrogen and oxygen atoms in total. The summed E-state index contributed by atoms with van der Waals surface area (Å²) in [7, 11) is -3.81. The van der Waals surface area contributed by atoms with Gasteiger partial charge in [-0.2, -0.15) is 11.8 Å². The van der Waals surface area contributed by atoms with E-state index in [9.17, 15) is 23.6 Å². The Hall–Kier alpha value is -1.32. The number of sulfonamides is 1. The first-order valence-corrected chi connectivity index (χ1v) is 8.61. The summed E-state index contributed by atoms with van der Waals surface area (Å²) in [5, 5.41) is 20.1. The van der Waals surface area contributed by atoms with E-state index in [1.807, 2.05) is 0 Å². The maximum atomic E-state index is 12.2. The Bertz CT molecular complexity index is 611. The lowest BCUT2D eigenvalue weighted by molar-refractivity contribution is -0.386. The summed E-state index contributed by atoms with van der Waals surface area (Å²) < 4.78 is 26.9. The average molecular weight is 318 g/mol. The van der Waals surface area contributed by atoms with Gasteiger partial charge in [0.1, 0.15) is 0 Å². The molecule has 110 valence electrons. The van der Waals surface area contributed by atoms with E-state index in [0.717, 1.165) is 36.8 Å². The first-order chi connectivity index (χ1) is 9.40. The van der Waals surface area contributed by atoms with Gasteiger partial charge in [0, 0.05) is 17.9 Å². The number of rotatable bonds is 4. The molecule has 0 bridgehead atoms. The number of thioether (sulfide) groups is 1. The molecule has 2 rings (SSSR count). The van der Waals surface area contributed by atoms with Crippen LogP contribution in [0, 0.1) is 10.1 Å². The number of aromatic hydroxyl groups is 1. The number of hydrogen-bond acceptors (Lipinski definition) is 6. The molecule has 0 spiro atoms. The molecule has 1 saturated heterocycles. The summed E-state index contributed by atoms with van der Waals surface area (Å²) in [6, 6.07) is 2.88. The fourth-order valence-corrected chi connectivity index (χ4v) is 4.41. The second kappa shape index (κ2) is 5.98. The van der Waals surface area contributed by atoms with Gasteiger partial charge in [-0.3, -0.25) is 10.1 Å². The van der Waals surface area contributed by atoms with Gasteiger partial charge in [0.25, 0.3) is 0 Å². The number of nitro benzene ring substituents is 1. The summed E-state index contributed by atoms with van der Waals surface area (Å²) in [6.45, 7) is 0. The second-order valence-electron chi connectivity index (χ2n) is 4.44. The highest BCUT2D eigenvalue weighted by molar-refractivity contribution is 7.99. The Morgan fingerprint density at radius 3 is 2.80 bits per heavy atom. The van der Waals surface area contributed by atoms with Crippen LogP contribution in [0.1, 0.15) is 12.8 Å². The van der Waals surface area contributed by atoms with Crippen molar-refractivity contribution < 1.29 is 18.4 Å². The van der Waals surface area contributed by atoms with Gasteiger partial charge in [-0.05, 0) is 30.7 Å². The van der Waals surface area contributed by atoms with Crippen molar-refractivity contribution in [2.45, 2.75) is 23.8 Å². The van der Waals surface area contributed by atoms with E-state index in [-0.39, 0.29) is 10.9 Å². The Kier molecular flexibility index (Phi) is 4.51. The Labute approximate surface area is 120 Å². The normalized spacial score (nSPS) is 19.7. The van der Waals surface area contributed by atoms with Crippen LogP contribution < -0.4 is 4.72 Å². The van der Waals surface area contributed by atoms with Crippen molar-refractivity contribution in [1.29, 1.82) is 0 Å². The highest BCUT2D eigenvalue weighted by Gasteiger charge is 2.25.